The van der Waals surface area contributed by atoms with E-state index in [-0.39, 0.29) is 0 Å². The first-order chi connectivity index (χ1) is 8.15. The number of nitrogens with one attached hydrogen (secondary N) is 1. The summed E-state index contributed by atoms with van der Waals surface area (Å²) in [6, 6.07) is 6.16. The summed E-state index contributed by atoms with van der Waals surface area (Å²) >= 11 is 6.15. The van der Waals surface area contributed by atoms with E-state index in [0.29, 0.717) is 0 Å². The number of hydrogen-bond acceptors (Lipinski definition) is 2. The van der Waals surface area contributed by atoms with Crippen molar-refractivity contribution < 1.29 is 0 Å². The Morgan fingerprint density at radius 3 is 2.71 bits per heavy atom. The van der Waals surface area contributed by atoms with Crippen molar-refractivity contribution in [1.29, 1.82) is 0 Å². The zero-order valence-electron chi connectivity index (χ0n) is 10.5. The zero-order chi connectivity index (χ0) is 12.4. The van der Waals surface area contributed by atoms with Crippen LogP contribution >= 0.6 is 11.6 Å². The van der Waals surface area contributed by atoms with Crippen molar-refractivity contribution >= 4 is 28.2 Å². The standard InChI is InChI=1S/C14H17ClN2/c1-4-5-10-7-13(16-3)11-6-9(2)12(15)8-14(11)17-10/h6-8H,4-5H2,1-3H3,(H,16,17). The Balaban J connectivity index is 2.68. The van der Waals surface area contributed by atoms with E-state index >= 15 is 0 Å². The van der Waals surface area contributed by atoms with Crippen molar-refractivity contribution in [2.75, 3.05) is 12.4 Å². The van der Waals surface area contributed by atoms with Gasteiger partial charge in [-0.1, -0.05) is 24.9 Å². The molecule has 1 aromatic heterocycles. The number of pyridine rings is 1. The predicted octanol–water partition coefficient (Wildman–Crippen LogP) is 4.19. The lowest BCUT2D eigenvalue weighted by molar-refractivity contribution is 0.890. The lowest BCUT2D eigenvalue weighted by atomic mass is 10.1. The van der Waals surface area contributed by atoms with E-state index in [4.69, 9.17) is 11.6 Å². The number of halogens is 1. The Kier molecular flexibility index (Phi) is 3.53. The Morgan fingerprint density at radius 2 is 2.06 bits per heavy atom. The molecule has 0 atom stereocenters. The minimum Gasteiger partial charge on any atom is -0.388 e. The van der Waals surface area contributed by atoms with Gasteiger partial charge in [-0.25, -0.2) is 0 Å². The van der Waals surface area contributed by atoms with Crippen LogP contribution in [0.25, 0.3) is 10.9 Å². The van der Waals surface area contributed by atoms with Gasteiger partial charge in [0.05, 0.1) is 5.52 Å². The van der Waals surface area contributed by atoms with E-state index in [2.05, 4.69) is 29.4 Å². The molecule has 1 heterocycles. The number of nitrogens with zero attached hydrogens (tertiary/aromatic N) is 1. The molecule has 0 unspecified atom stereocenters. The summed E-state index contributed by atoms with van der Waals surface area (Å²) in [5.74, 6) is 0. The van der Waals surface area contributed by atoms with Crippen LogP contribution < -0.4 is 5.32 Å². The average molecular weight is 249 g/mol. The first kappa shape index (κ1) is 12.2. The number of aromatic nitrogens is 1. The first-order valence-corrected chi connectivity index (χ1v) is 6.31. The van der Waals surface area contributed by atoms with Gasteiger partial charge in [0.25, 0.3) is 0 Å². The molecule has 1 aromatic carbocycles. The van der Waals surface area contributed by atoms with Crippen molar-refractivity contribution in [1.82, 2.24) is 4.98 Å². The highest BCUT2D eigenvalue weighted by Gasteiger charge is 2.07. The maximum absolute atomic E-state index is 6.15. The molecule has 0 saturated carbocycles. The summed E-state index contributed by atoms with van der Waals surface area (Å²) in [7, 11) is 1.94. The molecule has 0 spiro atoms. The van der Waals surface area contributed by atoms with Gasteiger partial charge < -0.3 is 5.32 Å². The highest BCUT2D eigenvalue weighted by molar-refractivity contribution is 6.32. The second kappa shape index (κ2) is 4.92. The van der Waals surface area contributed by atoms with Crippen LogP contribution in [0.15, 0.2) is 18.2 Å². The van der Waals surface area contributed by atoms with Crippen molar-refractivity contribution in [2.24, 2.45) is 0 Å². The SMILES string of the molecule is CCCc1cc(NC)c2cc(C)c(Cl)cc2n1. The maximum atomic E-state index is 6.15. The molecular weight excluding hydrogens is 232 g/mol. The van der Waals surface area contributed by atoms with E-state index in [1.54, 1.807) is 0 Å². The van der Waals surface area contributed by atoms with E-state index in [0.717, 1.165) is 45.7 Å². The molecule has 1 N–H and O–H groups in total. The highest BCUT2D eigenvalue weighted by Crippen LogP contribution is 2.28. The molecule has 0 fully saturated rings. The van der Waals surface area contributed by atoms with Crippen molar-refractivity contribution in [3.8, 4) is 0 Å². The Morgan fingerprint density at radius 1 is 1.29 bits per heavy atom. The Labute approximate surface area is 107 Å². The summed E-state index contributed by atoms with van der Waals surface area (Å²) < 4.78 is 0. The van der Waals surface area contributed by atoms with E-state index in [9.17, 15) is 0 Å². The van der Waals surface area contributed by atoms with Gasteiger partial charge in [-0.15, -0.1) is 0 Å². The van der Waals surface area contributed by atoms with Gasteiger partial charge in [0, 0.05) is 28.8 Å². The highest BCUT2D eigenvalue weighted by atomic mass is 35.5. The summed E-state index contributed by atoms with van der Waals surface area (Å²) in [5, 5.41) is 5.14. The topological polar surface area (TPSA) is 24.9 Å². The fourth-order valence-electron chi connectivity index (χ4n) is 2.00. The number of benzene rings is 1. The third kappa shape index (κ3) is 2.37. The lowest BCUT2D eigenvalue weighted by Gasteiger charge is -2.10. The number of rotatable bonds is 3. The monoisotopic (exact) mass is 248 g/mol. The van der Waals surface area contributed by atoms with Gasteiger partial charge in [0.15, 0.2) is 0 Å². The van der Waals surface area contributed by atoms with Gasteiger partial charge in [-0.3, -0.25) is 4.98 Å². The molecule has 0 aliphatic rings. The second-order valence-electron chi connectivity index (χ2n) is 4.28. The number of aryl methyl sites for hydroxylation is 2. The zero-order valence-corrected chi connectivity index (χ0v) is 11.2. The van der Waals surface area contributed by atoms with Gasteiger partial charge in [0.2, 0.25) is 0 Å². The first-order valence-electron chi connectivity index (χ1n) is 5.93. The summed E-state index contributed by atoms with van der Waals surface area (Å²) in [6.07, 6.45) is 2.09. The van der Waals surface area contributed by atoms with E-state index in [1.807, 2.05) is 20.0 Å². The smallest absolute Gasteiger partial charge is 0.0741 e. The molecular formula is C14H17ClN2. The maximum Gasteiger partial charge on any atom is 0.0741 e. The van der Waals surface area contributed by atoms with Crippen molar-refractivity contribution in [3.63, 3.8) is 0 Å². The van der Waals surface area contributed by atoms with Crippen LogP contribution in [0, 0.1) is 6.92 Å². The number of anilines is 1. The molecule has 2 rings (SSSR count). The molecule has 2 aromatic rings. The molecule has 0 saturated heterocycles. The van der Waals surface area contributed by atoms with Crippen LogP contribution in [0.2, 0.25) is 5.02 Å². The van der Waals surface area contributed by atoms with Gasteiger partial charge >= 0.3 is 0 Å². The van der Waals surface area contributed by atoms with Gasteiger partial charge in [-0.05, 0) is 37.1 Å². The average Bonchev–Trinajstić information content (AvgIpc) is 2.31. The van der Waals surface area contributed by atoms with Gasteiger partial charge in [-0.2, -0.15) is 0 Å². The predicted molar refractivity (Wildman–Crippen MR) is 75.0 cm³/mol. The minimum atomic E-state index is 0.778. The number of fused-ring (bicyclic) bond motifs is 1. The van der Waals surface area contributed by atoms with E-state index < -0.39 is 0 Å². The third-order valence-electron chi connectivity index (χ3n) is 2.92. The fourth-order valence-corrected chi connectivity index (χ4v) is 2.16. The third-order valence-corrected chi connectivity index (χ3v) is 3.32. The minimum absolute atomic E-state index is 0.778. The van der Waals surface area contributed by atoms with Crippen molar-refractivity contribution in [2.45, 2.75) is 26.7 Å². The fraction of sp³-hybridized carbons (Fsp3) is 0.357. The van der Waals surface area contributed by atoms with Gasteiger partial charge in [0.1, 0.15) is 0 Å². The number of hydrogen-bond donors (Lipinski definition) is 1. The van der Waals surface area contributed by atoms with E-state index in [1.165, 1.54) is 0 Å². The Bertz CT molecular complexity index is 549. The molecule has 3 heteroatoms. The molecule has 0 aliphatic heterocycles. The molecule has 90 valence electrons. The molecule has 2 nitrogen and oxygen atoms in total. The molecule has 0 amide bonds. The van der Waals surface area contributed by atoms with Crippen molar-refractivity contribution in [3.05, 3.63) is 34.5 Å². The largest absolute Gasteiger partial charge is 0.388 e. The second-order valence-corrected chi connectivity index (χ2v) is 4.69. The van der Waals surface area contributed by atoms with Crippen LogP contribution in [0.5, 0.6) is 0 Å². The normalized spacial score (nSPS) is 10.8. The Hall–Kier alpha value is -1.28. The van der Waals surface area contributed by atoms with Crippen LogP contribution in [0.4, 0.5) is 5.69 Å². The molecule has 0 bridgehead atoms. The summed E-state index contributed by atoms with van der Waals surface area (Å²) in [5.41, 5.74) is 4.29. The molecule has 0 aliphatic carbocycles. The van der Waals surface area contributed by atoms with Crippen LogP contribution in [0.3, 0.4) is 0 Å². The summed E-state index contributed by atoms with van der Waals surface area (Å²) in [6.45, 7) is 4.17. The summed E-state index contributed by atoms with van der Waals surface area (Å²) in [4.78, 5) is 4.65. The van der Waals surface area contributed by atoms with Crippen LogP contribution in [-0.4, -0.2) is 12.0 Å². The molecule has 0 radical (unpaired) electrons. The van der Waals surface area contributed by atoms with Crippen LogP contribution in [-0.2, 0) is 6.42 Å². The molecule has 17 heavy (non-hydrogen) atoms. The van der Waals surface area contributed by atoms with Crippen LogP contribution in [0.1, 0.15) is 24.6 Å². The quantitative estimate of drug-likeness (QED) is 0.881. The lowest BCUT2D eigenvalue weighted by Crippen LogP contribution is -1.97.